The maximum absolute atomic E-state index is 12.5. The number of benzene rings is 1. The Balaban J connectivity index is 1.50. The van der Waals surface area contributed by atoms with E-state index >= 15 is 0 Å². The van der Waals surface area contributed by atoms with Crippen molar-refractivity contribution in [1.82, 2.24) is 19.4 Å². The first-order valence-corrected chi connectivity index (χ1v) is 8.88. The molecule has 2 amide bonds. The molecule has 1 aliphatic heterocycles. The van der Waals surface area contributed by atoms with Gasteiger partial charge in [-0.2, -0.15) is 0 Å². The van der Waals surface area contributed by atoms with Crippen LogP contribution in [0, 0.1) is 0 Å². The number of aromatic nitrogens is 2. The van der Waals surface area contributed by atoms with Gasteiger partial charge >= 0.3 is 11.8 Å². The van der Waals surface area contributed by atoms with Crippen molar-refractivity contribution < 1.29 is 14.3 Å². The highest BCUT2D eigenvalue weighted by Gasteiger charge is 2.23. The maximum Gasteiger partial charge on any atom is 0.410 e. The average Bonchev–Trinajstić information content (AvgIpc) is 2.95. The highest BCUT2D eigenvalue weighted by Crippen LogP contribution is 2.08. The highest BCUT2D eigenvalue weighted by atomic mass is 16.6. The molecule has 142 valence electrons. The van der Waals surface area contributed by atoms with Gasteiger partial charge in [-0.25, -0.2) is 14.6 Å². The summed E-state index contributed by atoms with van der Waals surface area (Å²) in [7, 11) is 0. The largest absolute Gasteiger partial charge is 0.445 e. The molecule has 0 unspecified atom stereocenters. The summed E-state index contributed by atoms with van der Waals surface area (Å²) >= 11 is 0. The van der Waals surface area contributed by atoms with E-state index in [1.165, 1.54) is 17.0 Å². The van der Waals surface area contributed by atoms with Gasteiger partial charge in [-0.15, -0.1) is 0 Å². The van der Waals surface area contributed by atoms with Crippen molar-refractivity contribution in [2.45, 2.75) is 19.6 Å². The van der Waals surface area contributed by atoms with Crippen molar-refractivity contribution in [3.8, 4) is 0 Å². The molecule has 1 fully saturated rings. The lowest BCUT2D eigenvalue weighted by Crippen LogP contribution is -2.40. The monoisotopic (exact) mass is 370 g/mol. The van der Waals surface area contributed by atoms with E-state index < -0.39 is 5.69 Å². The van der Waals surface area contributed by atoms with Crippen LogP contribution in [0.3, 0.4) is 0 Å². The third-order valence-electron chi connectivity index (χ3n) is 4.40. The molecule has 27 heavy (non-hydrogen) atoms. The highest BCUT2D eigenvalue weighted by molar-refractivity contribution is 5.76. The normalized spacial score (nSPS) is 14.5. The first-order chi connectivity index (χ1) is 13.1. The fourth-order valence-corrected chi connectivity index (χ4v) is 2.91. The van der Waals surface area contributed by atoms with E-state index in [4.69, 9.17) is 4.74 Å². The van der Waals surface area contributed by atoms with Crippen LogP contribution >= 0.6 is 0 Å². The molecule has 1 aromatic heterocycles. The van der Waals surface area contributed by atoms with Gasteiger partial charge in [0.15, 0.2) is 0 Å². The van der Waals surface area contributed by atoms with Crippen LogP contribution in [-0.4, -0.2) is 57.5 Å². The summed E-state index contributed by atoms with van der Waals surface area (Å²) in [6, 6.07) is 11.1. The molecule has 8 heteroatoms. The summed E-state index contributed by atoms with van der Waals surface area (Å²) in [6.45, 7) is 2.06. The zero-order valence-corrected chi connectivity index (χ0v) is 15.0. The number of carbonyl (C=O) groups excluding carboxylic acids is 2. The fraction of sp³-hybridized carbons (Fsp3) is 0.368. The van der Waals surface area contributed by atoms with E-state index in [-0.39, 0.29) is 25.2 Å². The lowest BCUT2D eigenvalue weighted by molar-refractivity contribution is -0.131. The lowest BCUT2D eigenvalue weighted by Gasteiger charge is -2.22. The molecule has 2 heterocycles. The van der Waals surface area contributed by atoms with Gasteiger partial charge in [0.1, 0.15) is 13.2 Å². The van der Waals surface area contributed by atoms with Crippen LogP contribution in [0.5, 0.6) is 0 Å². The number of hydrogen-bond donors (Lipinski definition) is 0. The Morgan fingerprint density at radius 3 is 2.52 bits per heavy atom. The van der Waals surface area contributed by atoms with E-state index in [9.17, 15) is 14.4 Å². The van der Waals surface area contributed by atoms with Gasteiger partial charge in [0.05, 0.1) is 0 Å². The first-order valence-electron chi connectivity index (χ1n) is 8.88. The molecule has 0 aliphatic carbocycles. The number of ether oxygens (including phenoxy) is 1. The van der Waals surface area contributed by atoms with Crippen LogP contribution in [-0.2, 0) is 22.7 Å². The zero-order valence-electron chi connectivity index (χ0n) is 15.0. The topological polar surface area (TPSA) is 84.7 Å². The second-order valence-electron chi connectivity index (χ2n) is 6.29. The quantitative estimate of drug-likeness (QED) is 0.805. The lowest BCUT2D eigenvalue weighted by atomic mass is 10.2. The van der Waals surface area contributed by atoms with E-state index in [0.717, 1.165) is 5.56 Å². The maximum atomic E-state index is 12.5. The van der Waals surface area contributed by atoms with Crippen molar-refractivity contribution in [3.63, 3.8) is 0 Å². The molecule has 3 rings (SSSR count). The van der Waals surface area contributed by atoms with Gasteiger partial charge in [0.25, 0.3) is 0 Å². The third kappa shape index (κ3) is 5.16. The molecule has 8 nitrogen and oxygen atoms in total. The summed E-state index contributed by atoms with van der Waals surface area (Å²) in [5, 5.41) is 0. The van der Waals surface area contributed by atoms with Gasteiger partial charge in [0.2, 0.25) is 5.91 Å². The van der Waals surface area contributed by atoms with E-state index in [2.05, 4.69) is 4.98 Å². The van der Waals surface area contributed by atoms with Crippen molar-refractivity contribution >= 4 is 12.0 Å². The Morgan fingerprint density at radius 2 is 1.74 bits per heavy atom. The third-order valence-corrected chi connectivity index (χ3v) is 4.40. The minimum Gasteiger partial charge on any atom is -0.445 e. The van der Waals surface area contributed by atoms with Gasteiger partial charge in [-0.05, 0) is 18.1 Å². The first kappa shape index (κ1) is 18.6. The van der Waals surface area contributed by atoms with Crippen molar-refractivity contribution in [2.75, 3.05) is 26.2 Å². The summed E-state index contributed by atoms with van der Waals surface area (Å²) in [4.78, 5) is 43.3. The minimum atomic E-state index is -0.452. The number of carbonyl (C=O) groups is 2. The minimum absolute atomic E-state index is 0.0505. The number of amides is 2. The zero-order chi connectivity index (χ0) is 19.1. The summed E-state index contributed by atoms with van der Waals surface area (Å²) in [6.07, 6.45) is 3.22. The van der Waals surface area contributed by atoms with Crippen molar-refractivity contribution in [3.05, 3.63) is 64.8 Å². The van der Waals surface area contributed by atoms with Crippen LogP contribution in [0.2, 0.25) is 0 Å². The Kier molecular flexibility index (Phi) is 6.19. The van der Waals surface area contributed by atoms with Crippen LogP contribution in [0.1, 0.15) is 12.0 Å². The van der Waals surface area contributed by atoms with Crippen LogP contribution < -0.4 is 5.69 Å². The predicted molar refractivity (Wildman–Crippen MR) is 97.9 cm³/mol. The average molecular weight is 370 g/mol. The number of hydrogen-bond acceptors (Lipinski definition) is 5. The molecule has 2 aromatic rings. The molecule has 1 aliphatic rings. The SMILES string of the molecule is O=C(Cn1cccnc1=O)N1CCCN(C(=O)OCc2ccccc2)CC1. The molecule has 0 N–H and O–H groups in total. The van der Waals surface area contributed by atoms with Gasteiger partial charge in [-0.1, -0.05) is 30.3 Å². The summed E-state index contributed by atoms with van der Waals surface area (Å²) in [5.41, 5.74) is 0.478. The molecular weight excluding hydrogens is 348 g/mol. The number of rotatable bonds is 4. The van der Waals surface area contributed by atoms with Crippen LogP contribution in [0.4, 0.5) is 4.79 Å². The molecule has 0 saturated carbocycles. The van der Waals surface area contributed by atoms with E-state index in [1.807, 2.05) is 30.3 Å². The van der Waals surface area contributed by atoms with Crippen molar-refractivity contribution in [1.29, 1.82) is 0 Å². The molecule has 0 radical (unpaired) electrons. The molecule has 0 bridgehead atoms. The number of nitrogens with zero attached hydrogens (tertiary/aromatic N) is 4. The van der Waals surface area contributed by atoms with E-state index in [0.29, 0.717) is 32.6 Å². The Labute approximate surface area is 157 Å². The van der Waals surface area contributed by atoms with Gasteiger partial charge < -0.3 is 14.5 Å². The van der Waals surface area contributed by atoms with Crippen LogP contribution in [0.15, 0.2) is 53.6 Å². The fourth-order valence-electron chi connectivity index (χ4n) is 2.91. The van der Waals surface area contributed by atoms with Gasteiger partial charge in [0, 0.05) is 38.6 Å². The Bertz CT molecular complexity index is 837. The molecule has 0 spiro atoms. The predicted octanol–water partition coefficient (Wildman–Crippen LogP) is 1.11. The molecule has 1 saturated heterocycles. The van der Waals surface area contributed by atoms with Crippen molar-refractivity contribution in [2.24, 2.45) is 0 Å². The Hall–Kier alpha value is -3.16. The smallest absolute Gasteiger partial charge is 0.410 e. The molecule has 1 aromatic carbocycles. The summed E-state index contributed by atoms with van der Waals surface area (Å²) in [5.74, 6) is -0.162. The Morgan fingerprint density at radius 1 is 1.00 bits per heavy atom. The second kappa shape index (κ2) is 8.98. The van der Waals surface area contributed by atoms with Crippen LogP contribution in [0.25, 0.3) is 0 Å². The standard InChI is InChI=1S/C19H22N4O4/c24-17(14-23-9-4-8-20-18(23)25)21-10-5-11-22(13-12-21)19(26)27-15-16-6-2-1-3-7-16/h1-4,6-9H,5,10-15H2. The summed E-state index contributed by atoms with van der Waals surface area (Å²) < 4.78 is 6.64. The van der Waals surface area contributed by atoms with E-state index in [1.54, 1.807) is 15.9 Å². The second-order valence-corrected chi connectivity index (χ2v) is 6.29. The van der Waals surface area contributed by atoms with Gasteiger partial charge in [-0.3, -0.25) is 9.36 Å². The molecule has 0 atom stereocenters. The molecular formula is C19H22N4O4.